The van der Waals surface area contributed by atoms with Crippen molar-refractivity contribution in [3.63, 3.8) is 0 Å². The molecule has 1 heterocycles. The summed E-state index contributed by atoms with van der Waals surface area (Å²) >= 11 is 0. The number of rotatable bonds is 3. The lowest BCUT2D eigenvalue weighted by Gasteiger charge is -2.07. The summed E-state index contributed by atoms with van der Waals surface area (Å²) in [7, 11) is 0. The second kappa shape index (κ2) is 3.34. The molecule has 1 aromatic heterocycles. The van der Waals surface area contributed by atoms with Crippen LogP contribution < -0.4 is 0 Å². The lowest BCUT2D eigenvalue weighted by molar-refractivity contribution is -0.141. The molecule has 0 spiro atoms. The smallest absolute Gasteiger partial charge is 0.328 e. The van der Waals surface area contributed by atoms with Gasteiger partial charge in [0, 0.05) is 6.20 Å². The first kappa shape index (κ1) is 8.70. The summed E-state index contributed by atoms with van der Waals surface area (Å²) < 4.78 is 1.37. The molecule has 0 radical (unpaired) electrons. The van der Waals surface area contributed by atoms with E-state index in [1.165, 1.54) is 4.68 Å². The van der Waals surface area contributed by atoms with Crippen LogP contribution in [0.3, 0.4) is 0 Å². The van der Waals surface area contributed by atoms with E-state index in [9.17, 15) is 4.79 Å². The van der Waals surface area contributed by atoms with E-state index in [1.54, 1.807) is 20.0 Å². The average Bonchev–Trinajstić information content (AvgIpc) is 2.37. The van der Waals surface area contributed by atoms with Crippen molar-refractivity contribution in [3.8, 4) is 0 Å². The number of carbonyl (C=O) groups is 1. The molecule has 0 amide bonds. The zero-order valence-electron chi connectivity index (χ0n) is 7.06. The molecule has 0 aliphatic carbocycles. The molecule has 1 N–H and O–H groups in total. The molecule has 1 unspecified atom stereocenters. The molecule has 0 aliphatic heterocycles. The molecule has 1 aromatic rings. The molecule has 1 atom stereocenters. The maximum atomic E-state index is 10.7. The quantitative estimate of drug-likeness (QED) is 0.720. The van der Waals surface area contributed by atoms with Gasteiger partial charge in [-0.25, -0.2) is 9.48 Å². The number of carboxylic acid groups (broad SMARTS) is 1. The zero-order valence-corrected chi connectivity index (χ0v) is 7.06. The summed E-state index contributed by atoms with van der Waals surface area (Å²) in [4.78, 5) is 10.7. The third-order valence-electron chi connectivity index (χ3n) is 1.62. The minimum Gasteiger partial charge on any atom is -0.480 e. The first-order chi connectivity index (χ1) is 5.65. The second-order valence-corrected chi connectivity index (χ2v) is 2.60. The number of aromatic nitrogens is 3. The Balaban J connectivity index is 2.87. The van der Waals surface area contributed by atoms with E-state index >= 15 is 0 Å². The van der Waals surface area contributed by atoms with Gasteiger partial charge in [-0.3, -0.25) is 0 Å². The first-order valence-corrected chi connectivity index (χ1v) is 3.76. The Bertz CT molecular complexity index is 282. The summed E-state index contributed by atoms with van der Waals surface area (Å²) in [6.07, 6.45) is 2.14. The highest BCUT2D eigenvalue weighted by Gasteiger charge is 2.17. The van der Waals surface area contributed by atoms with Crippen molar-refractivity contribution >= 4 is 5.97 Å². The highest BCUT2D eigenvalue weighted by molar-refractivity contribution is 5.71. The molecule has 5 heteroatoms. The largest absolute Gasteiger partial charge is 0.480 e. The summed E-state index contributed by atoms with van der Waals surface area (Å²) in [5, 5.41) is 16.2. The van der Waals surface area contributed by atoms with Gasteiger partial charge in [0.05, 0.1) is 5.69 Å². The Morgan fingerprint density at radius 3 is 2.83 bits per heavy atom. The van der Waals surface area contributed by atoms with Gasteiger partial charge in [0.25, 0.3) is 0 Å². The van der Waals surface area contributed by atoms with Crippen molar-refractivity contribution in [2.75, 3.05) is 0 Å². The molecule has 12 heavy (non-hydrogen) atoms. The molecule has 0 aromatic carbocycles. The average molecular weight is 169 g/mol. The second-order valence-electron chi connectivity index (χ2n) is 2.60. The van der Waals surface area contributed by atoms with Crippen molar-refractivity contribution in [3.05, 3.63) is 11.9 Å². The van der Waals surface area contributed by atoms with Crippen molar-refractivity contribution in [2.45, 2.75) is 26.3 Å². The molecule has 5 nitrogen and oxygen atoms in total. The monoisotopic (exact) mass is 169 g/mol. The third kappa shape index (κ3) is 1.61. The van der Waals surface area contributed by atoms with Crippen LogP contribution in [0.5, 0.6) is 0 Å². The van der Waals surface area contributed by atoms with Crippen molar-refractivity contribution in [2.24, 2.45) is 0 Å². The summed E-state index contributed by atoms with van der Waals surface area (Å²) in [6, 6.07) is -0.591. The zero-order chi connectivity index (χ0) is 9.14. The van der Waals surface area contributed by atoms with Crippen LogP contribution in [0.25, 0.3) is 0 Å². The SMILES string of the molecule is CCC(C(=O)O)n1cc(C)nn1. The Hall–Kier alpha value is -1.39. The lowest BCUT2D eigenvalue weighted by atomic mass is 10.2. The minimum absolute atomic E-state index is 0.512. The number of hydrogen-bond donors (Lipinski definition) is 1. The number of aryl methyl sites for hydroxylation is 1. The van der Waals surface area contributed by atoms with Crippen LogP contribution in [0, 0.1) is 6.92 Å². The molecule has 1 rings (SSSR count). The van der Waals surface area contributed by atoms with Crippen LogP contribution in [0.4, 0.5) is 0 Å². The summed E-state index contributed by atoms with van der Waals surface area (Å²) in [5.74, 6) is -0.873. The van der Waals surface area contributed by atoms with Crippen molar-refractivity contribution in [1.29, 1.82) is 0 Å². The van der Waals surface area contributed by atoms with Gasteiger partial charge in [-0.2, -0.15) is 0 Å². The van der Waals surface area contributed by atoms with E-state index in [2.05, 4.69) is 10.3 Å². The minimum atomic E-state index is -0.873. The van der Waals surface area contributed by atoms with Gasteiger partial charge in [-0.15, -0.1) is 5.10 Å². The van der Waals surface area contributed by atoms with E-state index in [1.807, 2.05) is 0 Å². The van der Waals surface area contributed by atoms with E-state index in [0.29, 0.717) is 6.42 Å². The van der Waals surface area contributed by atoms with Crippen LogP contribution in [-0.2, 0) is 4.79 Å². The molecular formula is C7H11N3O2. The third-order valence-corrected chi connectivity index (χ3v) is 1.62. The molecule has 0 saturated heterocycles. The predicted octanol–water partition coefficient (Wildman–Crippen LogP) is 0.622. The molecule has 66 valence electrons. The standard InChI is InChI=1S/C7H11N3O2/c1-3-6(7(11)12)10-4-5(2)8-9-10/h4,6H,3H2,1-2H3,(H,11,12). The van der Waals surface area contributed by atoms with Crippen LogP contribution >= 0.6 is 0 Å². The summed E-state index contributed by atoms with van der Waals surface area (Å²) in [6.45, 7) is 3.58. The Labute approximate surface area is 70.0 Å². The van der Waals surface area contributed by atoms with E-state index < -0.39 is 12.0 Å². The normalized spacial score (nSPS) is 12.8. The van der Waals surface area contributed by atoms with Crippen LogP contribution in [0.15, 0.2) is 6.20 Å². The molecule has 0 fully saturated rings. The molecule has 0 aliphatic rings. The summed E-state index contributed by atoms with van der Waals surface area (Å²) in [5.41, 5.74) is 0.731. The number of carboxylic acids is 1. The number of nitrogens with zero attached hydrogens (tertiary/aromatic N) is 3. The lowest BCUT2D eigenvalue weighted by Crippen LogP contribution is -2.18. The van der Waals surface area contributed by atoms with Gasteiger partial charge in [0.1, 0.15) is 0 Å². The van der Waals surface area contributed by atoms with Gasteiger partial charge in [0.2, 0.25) is 0 Å². The van der Waals surface area contributed by atoms with Gasteiger partial charge in [-0.05, 0) is 13.3 Å². The fourth-order valence-electron chi connectivity index (χ4n) is 0.992. The van der Waals surface area contributed by atoms with Crippen LogP contribution in [-0.4, -0.2) is 26.1 Å². The Morgan fingerprint density at radius 1 is 1.83 bits per heavy atom. The predicted molar refractivity (Wildman–Crippen MR) is 41.7 cm³/mol. The fraction of sp³-hybridized carbons (Fsp3) is 0.571. The highest BCUT2D eigenvalue weighted by Crippen LogP contribution is 2.09. The molecular weight excluding hydrogens is 158 g/mol. The van der Waals surface area contributed by atoms with E-state index in [4.69, 9.17) is 5.11 Å². The molecule has 0 saturated carbocycles. The molecule has 0 bridgehead atoms. The maximum absolute atomic E-state index is 10.7. The number of aliphatic carboxylic acids is 1. The maximum Gasteiger partial charge on any atom is 0.328 e. The van der Waals surface area contributed by atoms with Crippen molar-refractivity contribution in [1.82, 2.24) is 15.0 Å². The first-order valence-electron chi connectivity index (χ1n) is 3.76. The van der Waals surface area contributed by atoms with E-state index in [-0.39, 0.29) is 0 Å². The van der Waals surface area contributed by atoms with Crippen LogP contribution in [0.2, 0.25) is 0 Å². The Kier molecular flexibility index (Phi) is 2.42. The van der Waals surface area contributed by atoms with E-state index in [0.717, 1.165) is 5.69 Å². The van der Waals surface area contributed by atoms with Crippen LogP contribution in [0.1, 0.15) is 25.1 Å². The Morgan fingerprint density at radius 2 is 2.50 bits per heavy atom. The topological polar surface area (TPSA) is 68.0 Å². The van der Waals surface area contributed by atoms with Gasteiger partial charge >= 0.3 is 5.97 Å². The van der Waals surface area contributed by atoms with Crippen molar-refractivity contribution < 1.29 is 9.90 Å². The van der Waals surface area contributed by atoms with Gasteiger partial charge < -0.3 is 5.11 Å². The van der Waals surface area contributed by atoms with Gasteiger partial charge in [0.15, 0.2) is 6.04 Å². The number of hydrogen-bond acceptors (Lipinski definition) is 3. The highest BCUT2D eigenvalue weighted by atomic mass is 16.4. The fourth-order valence-corrected chi connectivity index (χ4v) is 0.992. The van der Waals surface area contributed by atoms with Gasteiger partial charge in [-0.1, -0.05) is 12.1 Å².